The van der Waals surface area contributed by atoms with Gasteiger partial charge in [0.15, 0.2) is 0 Å². The van der Waals surface area contributed by atoms with E-state index in [9.17, 15) is 0 Å². The number of nitrogens with one attached hydrogen (secondary N) is 1. The number of likely N-dealkylation sites (N-methyl/N-ethyl adjacent to an activating group) is 1. The molecule has 1 N–H and O–H groups in total. The zero-order valence-electron chi connectivity index (χ0n) is 12.5. The third-order valence-corrected chi connectivity index (χ3v) is 2.82. The van der Waals surface area contributed by atoms with E-state index >= 15 is 0 Å². The Labute approximate surface area is 116 Å². The van der Waals surface area contributed by atoms with Crippen LogP contribution in [0.5, 0.6) is 11.5 Å². The fraction of sp³-hybridized carbons (Fsp3) is 0.600. The molecule has 108 valence electrons. The van der Waals surface area contributed by atoms with Crippen molar-refractivity contribution in [3.63, 3.8) is 0 Å². The summed E-state index contributed by atoms with van der Waals surface area (Å²) in [5, 5.41) is 3.42. The molecule has 0 aliphatic heterocycles. The van der Waals surface area contributed by atoms with Crippen LogP contribution >= 0.6 is 0 Å². The Balaban J connectivity index is 2.92. The second kappa shape index (κ2) is 8.02. The molecule has 4 nitrogen and oxygen atoms in total. The van der Waals surface area contributed by atoms with E-state index in [4.69, 9.17) is 14.2 Å². The van der Waals surface area contributed by atoms with Gasteiger partial charge >= 0.3 is 0 Å². The highest BCUT2D eigenvalue weighted by Crippen LogP contribution is 2.26. The molecular weight excluding hydrogens is 242 g/mol. The smallest absolute Gasteiger partial charge is 0.122 e. The second-order valence-corrected chi connectivity index (χ2v) is 4.64. The van der Waals surface area contributed by atoms with Crippen LogP contribution in [-0.2, 0) is 4.74 Å². The largest absolute Gasteiger partial charge is 0.497 e. The molecule has 0 spiro atoms. The topological polar surface area (TPSA) is 39.7 Å². The molecule has 0 radical (unpaired) electrons. The average Bonchev–Trinajstić information content (AvgIpc) is 2.42. The Morgan fingerprint density at radius 3 is 2.05 bits per heavy atom. The number of hydrogen-bond donors (Lipinski definition) is 1. The first-order valence-electron chi connectivity index (χ1n) is 6.68. The third-order valence-electron chi connectivity index (χ3n) is 2.82. The fourth-order valence-electron chi connectivity index (χ4n) is 1.84. The molecule has 1 aromatic carbocycles. The summed E-state index contributed by atoms with van der Waals surface area (Å²) in [5.41, 5.74) is 1.11. The van der Waals surface area contributed by atoms with Gasteiger partial charge < -0.3 is 19.5 Å². The Kier molecular flexibility index (Phi) is 6.67. The van der Waals surface area contributed by atoms with Crippen molar-refractivity contribution in [2.75, 3.05) is 27.4 Å². The number of benzene rings is 1. The van der Waals surface area contributed by atoms with Gasteiger partial charge in [-0.1, -0.05) is 6.92 Å². The van der Waals surface area contributed by atoms with E-state index in [1.54, 1.807) is 14.2 Å². The highest BCUT2D eigenvalue weighted by molar-refractivity contribution is 5.39. The number of ether oxygens (including phenoxy) is 3. The molecule has 0 amide bonds. The van der Waals surface area contributed by atoms with E-state index in [-0.39, 0.29) is 12.1 Å². The van der Waals surface area contributed by atoms with Crippen molar-refractivity contribution in [3.05, 3.63) is 23.8 Å². The van der Waals surface area contributed by atoms with Crippen molar-refractivity contribution in [2.24, 2.45) is 0 Å². The molecule has 1 atom stereocenters. The molecule has 1 unspecified atom stereocenters. The van der Waals surface area contributed by atoms with Gasteiger partial charge in [0.2, 0.25) is 0 Å². The van der Waals surface area contributed by atoms with Crippen molar-refractivity contribution in [3.8, 4) is 11.5 Å². The van der Waals surface area contributed by atoms with Gasteiger partial charge in [0.25, 0.3) is 0 Å². The van der Waals surface area contributed by atoms with Gasteiger partial charge in [-0.05, 0) is 38.1 Å². The van der Waals surface area contributed by atoms with Crippen molar-refractivity contribution < 1.29 is 14.2 Å². The average molecular weight is 267 g/mol. The molecule has 1 aromatic rings. The summed E-state index contributed by atoms with van der Waals surface area (Å²) in [7, 11) is 3.32. The molecule has 0 aliphatic carbocycles. The van der Waals surface area contributed by atoms with Crippen LogP contribution in [0.1, 0.15) is 32.4 Å². The second-order valence-electron chi connectivity index (χ2n) is 4.64. The summed E-state index contributed by atoms with van der Waals surface area (Å²) >= 11 is 0. The predicted molar refractivity (Wildman–Crippen MR) is 77.1 cm³/mol. The first-order chi connectivity index (χ1) is 9.10. The summed E-state index contributed by atoms with van der Waals surface area (Å²) in [4.78, 5) is 0. The lowest BCUT2D eigenvalue weighted by Crippen LogP contribution is -2.26. The molecular formula is C15H25NO3. The lowest BCUT2D eigenvalue weighted by atomic mass is 10.1. The van der Waals surface area contributed by atoms with Gasteiger partial charge in [-0.3, -0.25) is 0 Å². The van der Waals surface area contributed by atoms with Crippen LogP contribution in [0.15, 0.2) is 18.2 Å². The monoisotopic (exact) mass is 267 g/mol. The van der Waals surface area contributed by atoms with Gasteiger partial charge in [-0.2, -0.15) is 0 Å². The lowest BCUT2D eigenvalue weighted by molar-refractivity contribution is 0.0613. The van der Waals surface area contributed by atoms with Gasteiger partial charge in [0, 0.05) is 6.07 Å². The van der Waals surface area contributed by atoms with Crippen LogP contribution in [0.4, 0.5) is 0 Å². The van der Waals surface area contributed by atoms with Crippen molar-refractivity contribution in [1.29, 1.82) is 0 Å². The summed E-state index contributed by atoms with van der Waals surface area (Å²) in [6, 6.07) is 6.03. The standard InChI is InChI=1S/C15H25NO3/c1-6-16-15(10-19-11(2)3)12-7-13(17-4)9-14(8-12)18-5/h7-9,11,15-16H,6,10H2,1-5H3. The minimum atomic E-state index is 0.136. The van der Waals surface area contributed by atoms with Crippen LogP contribution in [-0.4, -0.2) is 33.5 Å². The zero-order chi connectivity index (χ0) is 14.3. The Morgan fingerprint density at radius 2 is 1.63 bits per heavy atom. The van der Waals surface area contributed by atoms with Crippen LogP contribution in [0.2, 0.25) is 0 Å². The first-order valence-corrected chi connectivity index (χ1v) is 6.68. The molecule has 4 heteroatoms. The summed E-state index contributed by atoms with van der Waals surface area (Å²) in [6.07, 6.45) is 0.216. The van der Waals surface area contributed by atoms with E-state index in [1.807, 2.05) is 32.0 Å². The third kappa shape index (κ3) is 5.09. The Morgan fingerprint density at radius 1 is 1.05 bits per heavy atom. The molecule has 0 saturated carbocycles. The molecule has 0 heterocycles. The fourth-order valence-corrected chi connectivity index (χ4v) is 1.84. The SMILES string of the molecule is CCNC(COC(C)C)c1cc(OC)cc(OC)c1. The number of rotatable bonds is 8. The molecule has 0 fully saturated rings. The van der Waals surface area contributed by atoms with E-state index in [2.05, 4.69) is 12.2 Å². The van der Waals surface area contributed by atoms with Crippen LogP contribution in [0.25, 0.3) is 0 Å². The van der Waals surface area contributed by atoms with Crippen molar-refractivity contribution in [2.45, 2.75) is 32.9 Å². The normalized spacial score (nSPS) is 12.5. The summed E-state index contributed by atoms with van der Waals surface area (Å²) in [5.74, 6) is 1.59. The highest BCUT2D eigenvalue weighted by atomic mass is 16.5. The molecule has 0 aromatic heterocycles. The van der Waals surface area contributed by atoms with Crippen LogP contribution in [0, 0.1) is 0 Å². The minimum absolute atomic E-state index is 0.136. The van der Waals surface area contributed by atoms with E-state index in [0.29, 0.717) is 6.61 Å². The molecule has 0 aliphatic rings. The summed E-state index contributed by atoms with van der Waals surface area (Å²) in [6.45, 7) is 7.66. The van der Waals surface area contributed by atoms with Crippen LogP contribution < -0.4 is 14.8 Å². The van der Waals surface area contributed by atoms with Crippen molar-refractivity contribution >= 4 is 0 Å². The number of methoxy groups -OCH3 is 2. The predicted octanol–water partition coefficient (Wildman–Crippen LogP) is 2.78. The zero-order valence-corrected chi connectivity index (χ0v) is 12.5. The maximum Gasteiger partial charge on any atom is 0.122 e. The van der Waals surface area contributed by atoms with E-state index in [0.717, 1.165) is 23.6 Å². The number of hydrogen-bond acceptors (Lipinski definition) is 4. The van der Waals surface area contributed by atoms with Gasteiger partial charge in [0.1, 0.15) is 11.5 Å². The van der Waals surface area contributed by atoms with Crippen LogP contribution in [0.3, 0.4) is 0 Å². The maximum atomic E-state index is 5.71. The van der Waals surface area contributed by atoms with Gasteiger partial charge in [-0.15, -0.1) is 0 Å². The van der Waals surface area contributed by atoms with E-state index in [1.165, 1.54) is 0 Å². The quantitative estimate of drug-likeness (QED) is 0.786. The maximum absolute atomic E-state index is 5.71. The van der Waals surface area contributed by atoms with Crippen molar-refractivity contribution in [1.82, 2.24) is 5.32 Å². The van der Waals surface area contributed by atoms with Gasteiger partial charge in [-0.25, -0.2) is 0 Å². The molecule has 19 heavy (non-hydrogen) atoms. The van der Waals surface area contributed by atoms with Gasteiger partial charge in [0.05, 0.1) is 33.0 Å². The molecule has 1 rings (SSSR count). The Bertz CT molecular complexity index is 357. The minimum Gasteiger partial charge on any atom is -0.497 e. The van der Waals surface area contributed by atoms with E-state index < -0.39 is 0 Å². The highest BCUT2D eigenvalue weighted by Gasteiger charge is 2.14. The molecule has 0 bridgehead atoms. The Hall–Kier alpha value is -1.26. The molecule has 0 saturated heterocycles. The lowest BCUT2D eigenvalue weighted by Gasteiger charge is -2.21. The summed E-state index contributed by atoms with van der Waals surface area (Å²) < 4.78 is 16.3. The first kappa shape index (κ1) is 15.8.